The Balaban J connectivity index is 1.79. The van der Waals surface area contributed by atoms with Gasteiger partial charge in [0.1, 0.15) is 5.75 Å². The third-order valence-electron chi connectivity index (χ3n) is 2.59. The van der Waals surface area contributed by atoms with Crippen molar-refractivity contribution in [3.63, 3.8) is 0 Å². The topological polar surface area (TPSA) is 93.7 Å². The van der Waals surface area contributed by atoms with Gasteiger partial charge >= 0.3 is 5.97 Å². The van der Waals surface area contributed by atoms with Gasteiger partial charge in [-0.1, -0.05) is 18.2 Å². The molecule has 0 radical (unpaired) electrons. The van der Waals surface area contributed by atoms with Gasteiger partial charge in [-0.15, -0.1) is 0 Å². The number of amides is 2. The number of carbonyl (C=O) groups is 3. The minimum atomic E-state index is -0.870. The summed E-state index contributed by atoms with van der Waals surface area (Å²) >= 11 is 0. The van der Waals surface area contributed by atoms with Gasteiger partial charge in [-0.3, -0.25) is 14.4 Å². The van der Waals surface area contributed by atoms with E-state index in [-0.39, 0.29) is 6.61 Å². The number of hydrogen-bond acceptors (Lipinski definition) is 5. The van der Waals surface area contributed by atoms with E-state index in [0.29, 0.717) is 5.75 Å². The fourth-order valence-electron chi connectivity index (χ4n) is 1.65. The third kappa shape index (κ3) is 3.47. The molecule has 2 atom stereocenters. The Kier molecular flexibility index (Phi) is 4.19. The highest BCUT2D eigenvalue weighted by Crippen LogP contribution is 2.10. The molecular formula is C13H14N2O5. The highest BCUT2D eigenvalue weighted by Gasteiger charge is 2.42. The number of benzene rings is 1. The van der Waals surface area contributed by atoms with Crippen molar-refractivity contribution in [1.82, 2.24) is 10.6 Å². The maximum Gasteiger partial charge on any atom is 0.304 e. The van der Waals surface area contributed by atoms with E-state index in [1.807, 2.05) is 6.07 Å². The SMILES string of the molecule is CC(=O)O[C@H]1NC(=O)[C@H]1NC(=O)COc1ccccc1. The van der Waals surface area contributed by atoms with Crippen LogP contribution in [0.5, 0.6) is 5.75 Å². The van der Waals surface area contributed by atoms with Crippen LogP contribution >= 0.6 is 0 Å². The summed E-state index contributed by atoms with van der Waals surface area (Å²) in [6.45, 7) is 1.00. The number of nitrogens with one attached hydrogen (secondary N) is 2. The van der Waals surface area contributed by atoms with Crippen LogP contribution in [0.4, 0.5) is 0 Å². The fourth-order valence-corrected chi connectivity index (χ4v) is 1.65. The Hall–Kier alpha value is -2.57. The standard InChI is InChI=1S/C13H14N2O5/c1-8(16)20-13-11(12(18)15-13)14-10(17)7-19-9-5-3-2-4-6-9/h2-6,11,13H,7H2,1H3,(H,14,17)(H,15,18)/t11-,13-/m1/s1. The van der Waals surface area contributed by atoms with Gasteiger partial charge < -0.3 is 20.1 Å². The molecule has 0 aliphatic carbocycles. The summed E-state index contributed by atoms with van der Waals surface area (Å²) in [6, 6.07) is 7.95. The summed E-state index contributed by atoms with van der Waals surface area (Å²) in [7, 11) is 0. The molecule has 1 heterocycles. The summed E-state index contributed by atoms with van der Waals surface area (Å²) in [4.78, 5) is 33.7. The summed E-state index contributed by atoms with van der Waals surface area (Å²) in [5, 5.41) is 4.80. The molecule has 7 nitrogen and oxygen atoms in total. The molecule has 1 fully saturated rings. The summed E-state index contributed by atoms with van der Waals surface area (Å²) < 4.78 is 10.0. The Morgan fingerprint density at radius 3 is 2.60 bits per heavy atom. The first-order chi connectivity index (χ1) is 9.56. The van der Waals surface area contributed by atoms with Gasteiger partial charge in [-0.05, 0) is 12.1 Å². The monoisotopic (exact) mass is 278 g/mol. The van der Waals surface area contributed by atoms with Crippen LogP contribution in [0.1, 0.15) is 6.92 Å². The van der Waals surface area contributed by atoms with E-state index in [9.17, 15) is 14.4 Å². The highest BCUT2D eigenvalue weighted by molar-refractivity contribution is 5.93. The highest BCUT2D eigenvalue weighted by atomic mass is 16.6. The van der Waals surface area contributed by atoms with Crippen molar-refractivity contribution in [3.8, 4) is 5.75 Å². The normalized spacial score (nSPS) is 20.4. The Labute approximate surface area is 115 Å². The molecule has 1 aromatic rings. The van der Waals surface area contributed by atoms with Crippen LogP contribution in [0.2, 0.25) is 0 Å². The van der Waals surface area contributed by atoms with Crippen molar-refractivity contribution < 1.29 is 23.9 Å². The lowest BCUT2D eigenvalue weighted by atomic mass is 10.1. The maximum absolute atomic E-state index is 11.6. The molecular weight excluding hydrogens is 264 g/mol. The van der Waals surface area contributed by atoms with Crippen LogP contribution in [0, 0.1) is 0 Å². The van der Waals surface area contributed by atoms with E-state index in [4.69, 9.17) is 9.47 Å². The fraction of sp³-hybridized carbons (Fsp3) is 0.308. The molecule has 0 saturated carbocycles. The van der Waals surface area contributed by atoms with Gasteiger partial charge in [-0.2, -0.15) is 0 Å². The molecule has 2 rings (SSSR count). The average Bonchev–Trinajstić information content (AvgIpc) is 2.43. The first-order valence-electron chi connectivity index (χ1n) is 6.01. The maximum atomic E-state index is 11.6. The first-order valence-corrected chi connectivity index (χ1v) is 6.01. The molecule has 1 aromatic carbocycles. The molecule has 1 saturated heterocycles. The molecule has 106 valence electrons. The van der Waals surface area contributed by atoms with Gasteiger partial charge in [0.2, 0.25) is 6.23 Å². The van der Waals surface area contributed by atoms with Gasteiger partial charge in [0.05, 0.1) is 0 Å². The van der Waals surface area contributed by atoms with E-state index in [1.54, 1.807) is 24.3 Å². The van der Waals surface area contributed by atoms with Gasteiger partial charge in [0, 0.05) is 6.92 Å². The van der Waals surface area contributed by atoms with E-state index in [1.165, 1.54) is 6.92 Å². The number of hydrogen-bond donors (Lipinski definition) is 2. The summed E-state index contributed by atoms with van der Waals surface area (Å²) in [5.41, 5.74) is 0. The van der Waals surface area contributed by atoms with Crippen LogP contribution < -0.4 is 15.4 Å². The van der Waals surface area contributed by atoms with Crippen molar-refractivity contribution in [2.75, 3.05) is 6.61 Å². The van der Waals surface area contributed by atoms with Crippen molar-refractivity contribution in [2.24, 2.45) is 0 Å². The predicted molar refractivity (Wildman–Crippen MR) is 67.6 cm³/mol. The zero-order valence-corrected chi connectivity index (χ0v) is 10.8. The first kappa shape index (κ1) is 13.9. The zero-order valence-electron chi connectivity index (χ0n) is 10.8. The zero-order chi connectivity index (χ0) is 14.5. The quantitative estimate of drug-likeness (QED) is 0.563. The number of esters is 1. The Bertz CT molecular complexity index is 517. The molecule has 20 heavy (non-hydrogen) atoms. The second-order valence-corrected chi connectivity index (χ2v) is 4.19. The lowest BCUT2D eigenvalue weighted by Crippen LogP contribution is -2.70. The van der Waals surface area contributed by atoms with Crippen LogP contribution in [0.25, 0.3) is 0 Å². The lowest BCUT2D eigenvalue weighted by Gasteiger charge is -2.35. The van der Waals surface area contributed by atoms with E-state index in [0.717, 1.165) is 0 Å². The molecule has 0 aromatic heterocycles. The Morgan fingerprint density at radius 1 is 1.30 bits per heavy atom. The third-order valence-corrected chi connectivity index (χ3v) is 2.59. The van der Waals surface area contributed by atoms with Crippen LogP contribution in [0.15, 0.2) is 30.3 Å². The predicted octanol–water partition coefficient (Wildman–Crippen LogP) is -0.431. The Morgan fingerprint density at radius 2 is 2.00 bits per heavy atom. The van der Waals surface area contributed by atoms with Crippen molar-refractivity contribution >= 4 is 17.8 Å². The molecule has 2 amide bonds. The van der Waals surface area contributed by atoms with E-state index >= 15 is 0 Å². The average molecular weight is 278 g/mol. The lowest BCUT2D eigenvalue weighted by molar-refractivity contribution is -0.164. The summed E-state index contributed by atoms with van der Waals surface area (Å²) in [5.74, 6) is -0.845. The molecule has 0 spiro atoms. The molecule has 1 aliphatic heterocycles. The molecule has 2 N–H and O–H groups in total. The van der Waals surface area contributed by atoms with Crippen molar-refractivity contribution in [3.05, 3.63) is 30.3 Å². The summed E-state index contributed by atoms with van der Waals surface area (Å²) in [6.07, 6.45) is -0.819. The van der Waals surface area contributed by atoms with E-state index in [2.05, 4.69) is 10.6 Å². The molecule has 0 bridgehead atoms. The van der Waals surface area contributed by atoms with E-state index < -0.39 is 30.1 Å². The van der Waals surface area contributed by atoms with Crippen LogP contribution in [0.3, 0.4) is 0 Å². The number of β-lactam (4-membered cyclic amide) rings is 1. The smallest absolute Gasteiger partial charge is 0.304 e. The number of carbonyl (C=O) groups excluding carboxylic acids is 3. The van der Waals surface area contributed by atoms with Gasteiger partial charge in [0.15, 0.2) is 12.6 Å². The minimum Gasteiger partial charge on any atom is -0.484 e. The van der Waals surface area contributed by atoms with Crippen molar-refractivity contribution in [2.45, 2.75) is 19.2 Å². The molecule has 0 unspecified atom stereocenters. The van der Waals surface area contributed by atoms with Crippen molar-refractivity contribution in [1.29, 1.82) is 0 Å². The molecule has 7 heteroatoms. The van der Waals surface area contributed by atoms with Crippen LogP contribution in [-0.2, 0) is 19.1 Å². The second kappa shape index (κ2) is 6.05. The molecule has 1 aliphatic rings. The van der Waals surface area contributed by atoms with Crippen LogP contribution in [-0.4, -0.2) is 36.7 Å². The number of rotatable bonds is 5. The second-order valence-electron chi connectivity index (χ2n) is 4.19. The van der Waals surface area contributed by atoms with Gasteiger partial charge in [0.25, 0.3) is 11.8 Å². The largest absolute Gasteiger partial charge is 0.484 e. The minimum absolute atomic E-state index is 0.222. The number of para-hydroxylation sites is 1. The number of ether oxygens (including phenoxy) is 2. The van der Waals surface area contributed by atoms with Gasteiger partial charge in [-0.25, -0.2) is 0 Å².